The van der Waals surface area contributed by atoms with Crippen LogP contribution >= 0.6 is 23.2 Å². The van der Waals surface area contributed by atoms with Crippen molar-refractivity contribution >= 4 is 40.7 Å². The van der Waals surface area contributed by atoms with E-state index in [9.17, 15) is 14.7 Å². The molecule has 2 aromatic heterocycles. The normalized spacial score (nSPS) is 10.7. The zero-order chi connectivity index (χ0) is 20.4. The molecular formula is C17H15Cl2N5O4. The van der Waals surface area contributed by atoms with Crippen molar-refractivity contribution in [2.24, 2.45) is 7.05 Å². The van der Waals surface area contributed by atoms with Gasteiger partial charge in [-0.05, 0) is 23.8 Å². The lowest BCUT2D eigenvalue weighted by atomic mass is 10.2. The van der Waals surface area contributed by atoms with Gasteiger partial charge in [-0.2, -0.15) is 0 Å². The van der Waals surface area contributed by atoms with Crippen LogP contribution in [-0.2, 0) is 13.6 Å². The summed E-state index contributed by atoms with van der Waals surface area (Å²) >= 11 is 12.2. The lowest BCUT2D eigenvalue weighted by Gasteiger charge is -2.22. The van der Waals surface area contributed by atoms with E-state index in [0.29, 0.717) is 15.6 Å². The summed E-state index contributed by atoms with van der Waals surface area (Å²) in [5.41, 5.74) is -0.241. The number of amides is 1. The SMILES string of the molecule is CN(Cc1cc(Cl)ccc1Cl)c1nc(C(=O)Nc2cnoc2)c(O)c(=O)n1C. The van der Waals surface area contributed by atoms with Gasteiger partial charge in [-0.1, -0.05) is 28.4 Å². The third-order valence-electron chi connectivity index (χ3n) is 3.91. The molecule has 2 N–H and O–H groups in total. The van der Waals surface area contributed by atoms with Gasteiger partial charge in [0.05, 0.1) is 6.20 Å². The Bertz CT molecular complexity index is 1080. The zero-order valence-corrected chi connectivity index (χ0v) is 16.3. The Morgan fingerprint density at radius 1 is 1.39 bits per heavy atom. The van der Waals surface area contributed by atoms with Crippen LogP contribution in [0.15, 0.2) is 40.0 Å². The fourth-order valence-corrected chi connectivity index (χ4v) is 2.90. The Hall–Kier alpha value is -3.04. The zero-order valence-electron chi connectivity index (χ0n) is 14.8. The number of rotatable bonds is 5. The first-order chi connectivity index (χ1) is 13.3. The van der Waals surface area contributed by atoms with E-state index in [0.717, 1.165) is 4.57 Å². The number of hydrogen-bond acceptors (Lipinski definition) is 7. The smallest absolute Gasteiger partial charge is 0.297 e. The van der Waals surface area contributed by atoms with Gasteiger partial charge < -0.3 is 19.8 Å². The number of anilines is 2. The summed E-state index contributed by atoms with van der Waals surface area (Å²) in [5.74, 6) is -1.41. The van der Waals surface area contributed by atoms with Gasteiger partial charge in [0.25, 0.3) is 11.5 Å². The van der Waals surface area contributed by atoms with Crippen LogP contribution in [0.1, 0.15) is 16.1 Å². The van der Waals surface area contributed by atoms with Gasteiger partial charge in [-0.15, -0.1) is 0 Å². The van der Waals surface area contributed by atoms with Crippen LogP contribution in [0.4, 0.5) is 11.6 Å². The molecular weight excluding hydrogens is 409 g/mol. The first-order valence-electron chi connectivity index (χ1n) is 7.93. The van der Waals surface area contributed by atoms with E-state index < -0.39 is 22.9 Å². The Balaban J connectivity index is 1.96. The second-order valence-corrected chi connectivity index (χ2v) is 6.78. The highest BCUT2D eigenvalue weighted by Crippen LogP contribution is 2.24. The largest absolute Gasteiger partial charge is 0.501 e. The predicted octanol–water partition coefficient (Wildman–Crippen LogP) is 2.67. The molecule has 0 atom stereocenters. The fraction of sp³-hybridized carbons (Fsp3) is 0.176. The number of nitrogens with one attached hydrogen (secondary N) is 1. The van der Waals surface area contributed by atoms with Gasteiger partial charge in [0, 0.05) is 30.7 Å². The quantitative estimate of drug-likeness (QED) is 0.648. The first kappa shape index (κ1) is 19.7. The van der Waals surface area contributed by atoms with Crippen LogP contribution in [0.25, 0.3) is 0 Å². The van der Waals surface area contributed by atoms with Crippen LogP contribution < -0.4 is 15.8 Å². The summed E-state index contributed by atoms with van der Waals surface area (Å²) in [4.78, 5) is 30.6. The standard InChI is InChI=1S/C17H15Cl2N5O4/c1-23(7-9-5-10(18)3-4-12(9)19)17-22-13(14(25)16(27)24(17)2)15(26)21-11-6-20-28-8-11/h3-6,8,25H,7H2,1-2H3,(H,21,26). The van der Waals surface area contributed by atoms with Gasteiger partial charge in [-0.25, -0.2) is 4.98 Å². The molecule has 0 aliphatic rings. The fourth-order valence-electron chi connectivity index (χ4n) is 2.53. The summed E-state index contributed by atoms with van der Waals surface area (Å²) in [6.07, 6.45) is 2.47. The Morgan fingerprint density at radius 3 is 2.82 bits per heavy atom. The van der Waals surface area contributed by atoms with Crippen molar-refractivity contribution < 1.29 is 14.4 Å². The van der Waals surface area contributed by atoms with Crippen molar-refractivity contribution in [3.05, 3.63) is 62.3 Å². The lowest BCUT2D eigenvalue weighted by molar-refractivity contribution is 0.101. The van der Waals surface area contributed by atoms with Crippen LogP contribution in [0, 0.1) is 0 Å². The monoisotopic (exact) mass is 423 g/mol. The van der Waals surface area contributed by atoms with Gasteiger partial charge in [0.2, 0.25) is 11.7 Å². The molecule has 1 amide bonds. The Labute approximate surface area is 169 Å². The average molecular weight is 424 g/mol. The van der Waals surface area contributed by atoms with E-state index in [2.05, 4.69) is 20.0 Å². The maximum absolute atomic E-state index is 12.4. The molecule has 146 valence electrons. The Morgan fingerprint density at radius 2 is 2.14 bits per heavy atom. The van der Waals surface area contributed by atoms with Crippen molar-refractivity contribution in [2.75, 3.05) is 17.3 Å². The maximum Gasteiger partial charge on any atom is 0.297 e. The summed E-state index contributed by atoms with van der Waals surface area (Å²) < 4.78 is 5.76. The summed E-state index contributed by atoms with van der Waals surface area (Å²) in [5, 5.41) is 17.0. The number of benzene rings is 1. The topological polar surface area (TPSA) is 113 Å². The number of carbonyl (C=O) groups is 1. The van der Waals surface area contributed by atoms with Gasteiger partial charge >= 0.3 is 0 Å². The van der Waals surface area contributed by atoms with E-state index in [1.54, 1.807) is 30.1 Å². The molecule has 0 saturated carbocycles. The van der Waals surface area contributed by atoms with Crippen LogP contribution in [0.5, 0.6) is 5.75 Å². The predicted molar refractivity (Wildman–Crippen MR) is 104 cm³/mol. The minimum absolute atomic E-state index is 0.148. The Kier molecular flexibility index (Phi) is 5.57. The van der Waals surface area contributed by atoms with E-state index in [1.165, 1.54) is 19.5 Å². The summed E-state index contributed by atoms with van der Waals surface area (Å²) in [6.45, 7) is 0.261. The van der Waals surface area contributed by atoms with Crippen molar-refractivity contribution in [2.45, 2.75) is 6.54 Å². The van der Waals surface area contributed by atoms with E-state index >= 15 is 0 Å². The number of hydrogen-bond donors (Lipinski definition) is 2. The molecule has 0 saturated heterocycles. The van der Waals surface area contributed by atoms with E-state index in [4.69, 9.17) is 23.2 Å². The van der Waals surface area contributed by atoms with Crippen molar-refractivity contribution in [1.29, 1.82) is 0 Å². The second kappa shape index (κ2) is 7.91. The first-order valence-corrected chi connectivity index (χ1v) is 8.69. The minimum Gasteiger partial charge on any atom is -0.501 e. The average Bonchev–Trinajstić information content (AvgIpc) is 3.15. The molecule has 28 heavy (non-hydrogen) atoms. The molecule has 0 radical (unpaired) electrons. The molecule has 0 unspecified atom stereocenters. The molecule has 9 nitrogen and oxygen atoms in total. The van der Waals surface area contributed by atoms with Crippen LogP contribution in [0.3, 0.4) is 0 Å². The molecule has 3 rings (SSSR count). The molecule has 0 fully saturated rings. The maximum atomic E-state index is 12.4. The highest BCUT2D eigenvalue weighted by Gasteiger charge is 2.22. The molecule has 3 aromatic rings. The lowest BCUT2D eigenvalue weighted by Crippen LogP contribution is -2.31. The molecule has 0 aliphatic heterocycles. The highest BCUT2D eigenvalue weighted by atomic mass is 35.5. The molecule has 2 heterocycles. The minimum atomic E-state index is -0.783. The van der Waals surface area contributed by atoms with Gasteiger partial charge in [0.1, 0.15) is 12.0 Å². The van der Waals surface area contributed by atoms with E-state index in [-0.39, 0.29) is 18.2 Å². The van der Waals surface area contributed by atoms with Gasteiger partial charge in [0.15, 0.2) is 5.69 Å². The van der Waals surface area contributed by atoms with E-state index in [1.807, 2.05) is 0 Å². The molecule has 0 bridgehead atoms. The van der Waals surface area contributed by atoms with Gasteiger partial charge in [-0.3, -0.25) is 14.2 Å². The summed E-state index contributed by atoms with van der Waals surface area (Å²) in [7, 11) is 3.10. The number of aromatic hydroxyl groups is 1. The second-order valence-electron chi connectivity index (χ2n) is 5.93. The summed E-state index contributed by atoms with van der Waals surface area (Å²) in [6, 6.07) is 5.02. The number of carbonyl (C=O) groups excluding carboxylic acids is 1. The number of aromatic nitrogens is 3. The van der Waals surface area contributed by atoms with Crippen LogP contribution in [0.2, 0.25) is 10.0 Å². The molecule has 11 heteroatoms. The molecule has 0 aliphatic carbocycles. The third-order valence-corrected chi connectivity index (χ3v) is 4.51. The molecule has 0 spiro atoms. The van der Waals surface area contributed by atoms with Crippen LogP contribution in [-0.4, -0.2) is 32.8 Å². The van der Waals surface area contributed by atoms with Crippen molar-refractivity contribution in [3.8, 4) is 5.75 Å². The molecule has 1 aromatic carbocycles. The van der Waals surface area contributed by atoms with Crippen molar-refractivity contribution in [1.82, 2.24) is 14.7 Å². The number of halogens is 2. The number of nitrogens with zero attached hydrogens (tertiary/aromatic N) is 4. The third kappa shape index (κ3) is 3.95. The van der Waals surface area contributed by atoms with Crippen molar-refractivity contribution in [3.63, 3.8) is 0 Å². The highest BCUT2D eigenvalue weighted by molar-refractivity contribution is 6.33.